The first-order valence-corrected chi connectivity index (χ1v) is 9.63. The molecule has 148 valence electrons. The molecule has 1 aliphatic heterocycles. The van der Waals surface area contributed by atoms with E-state index in [0.717, 1.165) is 17.5 Å². The van der Waals surface area contributed by atoms with Crippen molar-refractivity contribution >= 4 is 11.6 Å². The van der Waals surface area contributed by atoms with Crippen molar-refractivity contribution in [2.24, 2.45) is 0 Å². The van der Waals surface area contributed by atoms with Crippen LogP contribution in [-0.4, -0.2) is 60.0 Å². The predicted molar refractivity (Wildman–Crippen MR) is 111 cm³/mol. The summed E-state index contributed by atoms with van der Waals surface area (Å²) in [5.74, 6) is 0.0215. The van der Waals surface area contributed by atoms with Gasteiger partial charge in [-0.25, -0.2) is 0 Å². The van der Waals surface area contributed by atoms with Crippen molar-refractivity contribution in [3.05, 3.63) is 59.3 Å². The van der Waals surface area contributed by atoms with E-state index in [1.54, 1.807) is 24.7 Å². The Morgan fingerprint density at radius 1 is 1.39 bits per heavy atom. The lowest BCUT2D eigenvalue weighted by Gasteiger charge is -2.29. The lowest BCUT2D eigenvalue weighted by atomic mass is 10.1. The van der Waals surface area contributed by atoms with E-state index in [0.29, 0.717) is 31.9 Å². The van der Waals surface area contributed by atoms with Crippen LogP contribution in [0.5, 0.6) is 0 Å². The zero-order valence-corrected chi connectivity index (χ0v) is 16.4. The normalized spacial score (nSPS) is 16.6. The highest BCUT2D eigenvalue weighted by atomic mass is 16.2. The van der Waals surface area contributed by atoms with Gasteiger partial charge in [-0.05, 0) is 44.2 Å². The molecule has 1 atom stereocenters. The van der Waals surface area contributed by atoms with Gasteiger partial charge in [-0.15, -0.1) is 0 Å². The average Bonchev–Trinajstić information content (AvgIpc) is 3.21. The molecule has 3 heterocycles. The van der Waals surface area contributed by atoms with Gasteiger partial charge in [0.15, 0.2) is 0 Å². The Morgan fingerprint density at radius 2 is 2.18 bits per heavy atom. The van der Waals surface area contributed by atoms with E-state index in [1.807, 2.05) is 43.1 Å². The Labute approximate surface area is 165 Å². The molecule has 3 rings (SSSR count). The van der Waals surface area contributed by atoms with Gasteiger partial charge in [-0.1, -0.05) is 6.08 Å². The zero-order chi connectivity index (χ0) is 19.9. The summed E-state index contributed by atoms with van der Waals surface area (Å²) in [5.41, 5.74) is 2.47. The monoisotopic (exact) mass is 381 g/mol. The van der Waals surface area contributed by atoms with Gasteiger partial charge in [-0.2, -0.15) is 0 Å². The van der Waals surface area contributed by atoms with Crippen molar-refractivity contribution in [2.75, 3.05) is 38.1 Å². The molecule has 0 aliphatic carbocycles. The predicted octanol–water partition coefficient (Wildman–Crippen LogP) is 1.64. The van der Waals surface area contributed by atoms with Gasteiger partial charge in [0.1, 0.15) is 5.69 Å². The number of likely N-dealkylation sites (N-methyl/N-ethyl adjacent to an activating group) is 2. The van der Waals surface area contributed by atoms with Crippen LogP contribution in [0.4, 0.5) is 5.69 Å². The van der Waals surface area contributed by atoms with E-state index in [9.17, 15) is 9.59 Å². The summed E-state index contributed by atoms with van der Waals surface area (Å²) in [4.78, 5) is 35.7. The number of carbonyl (C=O) groups is 1. The van der Waals surface area contributed by atoms with Crippen LogP contribution < -0.4 is 15.8 Å². The van der Waals surface area contributed by atoms with Crippen molar-refractivity contribution in [1.82, 2.24) is 20.2 Å². The number of carbonyl (C=O) groups excluding carboxylic acids is 1. The van der Waals surface area contributed by atoms with Crippen LogP contribution in [0.3, 0.4) is 0 Å². The van der Waals surface area contributed by atoms with Gasteiger partial charge in [-0.3, -0.25) is 14.6 Å². The lowest BCUT2D eigenvalue weighted by Crippen LogP contribution is -2.41. The molecule has 0 aromatic carbocycles. The topological polar surface area (TPSA) is 81.3 Å². The molecule has 7 nitrogen and oxygen atoms in total. The van der Waals surface area contributed by atoms with E-state index < -0.39 is 0 Å². The Morgan fingerprint density at radius 3 is 2.89 bits per heavy atom. The minimum Gasteiger partial charge on any atom is -0.363 e. The summed E-state index contributed by atoms with van der Waals surface area (Å²) < 4.78 is 0. The second-order valence-corrected chi connectivity index (χ2v) is 6.81. The number of nitrogens with one attached hydrogen (secondary N) is 2. The number of hydrogen-bond acceptors (Lipinski definition) is 5. The fourth-order valence-electron chi connectivity index (χ4n) is 3.60. The minimum atomic E-state index is -0.113. The van der Waals surface area contributed by atoms with Crippen molar-refractivity contribution in [1.29, 1.82) is 0 Å². The summed E-state index contributed by atoms with van der Waals surface area (Å²) in [5, 5.41) is 2.99. The number of hydrogen-bond donors (Lipinski definition) is 2. The third kappa shape index (κ3) is 4.48. The first-order valence-electron chi connectivity index (χ1n) is 9.63. The molecule has 1 fully saturated rings. The Hall–Kier alpha value is -2.93. The average molecular weight is 381 g/mol. The van der Waals surface area contributed by atoms with Crippen molar-refractivity contribution < 1.29 is 4.79 Å². The second kappa shape index (κ2) is 9.32. The molecule has 2 aromatic heterocycles. The molecule has 2 N–H and O–H groups in total. The summed E-state index contributed by atoms with van der Waals surface area (Å²) in [7, 11) is 1.84. The number of aromatic nitrogens is 2. The van der Waals surface area contributed by atoms with E-state index in [4.69, 9.17) is 0 Å². The van der Waals surface area contributed by atoms with Crippen LogP contribution in [-0.2, 0) is 4.79 Å². The van der Waals surface area contributed by atoms with Crippen molar-refractivity contribution in [2.45, 2.75) is 19.4 Å². The molecule has 1 aliphatic rings. The Bertz CT molecular complexity index is 878. The SMILES string of the molecule is CCN(c1cc(-c2ccncc2)c[nH]c1=O)[C@@H]1CCN(C(=O)C=CCNC)C1. The molecule has 0 unspecified atom stereocenters. The molecule has 1 amide bonds. The number of anilines is 1. The highest BCUT2D eigenvalue weighted by Gasteiger charge is 2.30. The molecular weight excluding hydrogens is 354 g/mol. The minimum absolute atomic E-state index is 0.0215. The maximum Gasteiger partial charge on any atom is 0.271 e. The lowest BCUT2D eigenvalue weighted by molar-refractivity contribution is -0.125. The molecule has 0 radical (unpaired) electrons. The van der Waals surface area contributed by atoms with Gasteiger partial charge in [0.25, 0.3) is 5.56 Å². The first kappa shape index (κ1) is 19.8. The number of amides is 1. The Balaban J connectivity index is 1.79. The van der Waals surface area contributed by atoms with Gasteiger partial charge in [0.2, 0.25) is 5.91 Å². The largest absolute Gasteiger partial charge is 0.363 e. The van der Waals surface area contributed by atoms with E-state index >= 15 is 0 Å². The Kier molecular flexibility index (Phi) is 6.60. The summed E-state index contributed by atoms with van der Waals surface area (Å²) >= 11 is 0. The van der Waals surface area contributed by atoms with E-state index in [-0.39, 0.29) is 17.5 Å². The van der Waals surface area contributed by atoms with Crippen molar-refractivity contribution in [3.63, 3.8) is 0 Å². The molecule has 0 spiro atoms. The molecule has 7 heteroatoms. The fourth-order valence-corrected chi connectivity index (χ4v) is 3.60. The number of H-pyrrole nitrogens is 1. The zero-order valence-electron chi connectivity index (χ0n) is 16.4. The third-order valence-corrected chi connectivity index (χ3v) is 5.05. The summed E-state index contributed by atoms with van der Waals surface area (Å²) in [6.07, 6.45) is 9.49. The quantitative estimate of drug-likeness (QED) is 0.713. The third-order valence-electron chi connectivity index (χ3n) is 5.05. The van der Waals surface area contributed by atoms with Crippen LogP contribution in [0.15, 0.2) is 53.7 Å². The number of aromatic amines is 1. The van der Waals surface area contributed by atoms with E-state index in [2.05, 4.69) is 20.2 Å². The van der Waals surface area contributed by atoms with Gasteiger partial charge >= 0.3 is 0 Å². The first-order chi connectivity index (χ1) is 13.6. The van der Waals surface area contributed by atoms with Crippen molar-refractivity contribution in [3.8, 4) is 11.1 Å². The number of nitrogens with zero attached hydrogens (tertiary/aromatic N) is 3. The van der Waals surface area contributed by atoms with E-state index in [1.165, 1.54) is 0 Å². The smallest absolute Gasteiger partial charge is 0.271 e. The number of pyridine rings is 2. The standard InChI is InChI=1S/C21H27N5O2/c1-3-26(18-8-12-25(15-18)20(27)5-4-9-22-2)19-13-17(14-24-21(19)28)16-6-10-23-11-7-16/h4-7,10-11,13-14,18,22H,3,8-9,12,15H2,1-2H3,(H,24,28)/t18-/m1/s1. The van der Waals surface area contributed by atoms with Gasteiger partial charge in [0, 0.05) is 62.5 Å². The molecule has 0 bridgehead atoms. The maximum atomic E-state index is 12.5. The molecule has 2 aromatic rings. The van der Waals surface area contributed by atoms with Gasteiger partial charge in [0.05, 0.1) is 0 Å². The van der Waals surface area contributed by atoms with Crippen LogP contribution >= 0.6 is 0 Å². The van der Waals surface area contributed by atoms with Crippen LogP contribution in [0, 0.1) is 0 Å². The molecule has 1 saturated heterocycles. The maximum absolute atomic E-state index is 12.5. The second-order valence-electron chi connectivity index (χ2n) is 6.81. The van der Waals surface area contributed by atoms with Gasteiger partial charge < -0.3 is 20.1 Å². The summed E-state index contributed by atoms with van der Waals surface area (Å²) in [6.45, 7) is 4.73. The highest BCUT2D eigenvalue weighted by molar-refractivity contribution is 5.88. The van der Waals surface area contributed by atoms with Crippen LogP contribution in [0.25, 0.3) is 11.1 Å². The number of rotatable bonds is 7. The molecule has 0 saturated carbocycles. The molecule has 28 heavy (non-hydrogen) atoms. The summed E-state index contributed by atoms with van der Waals surface area (Å²) in [6, 6.07) is 5.89. The van der Waals surface area contributed by atoms with Crippen LogP contribution in [0.2, 0.25) is 0 Å². The fraction of sp³-hybridized carbons (Fsp3) is 0.381. The highest BCUT2D eigenvalue weighted by Crippen LogP contribution is 2.25. The van der Waals surface area contributed by atoms with Crippen LogP contribution in [0.1, 0.15) is 13.3 Å². The number of likely N-dealkylation sites (tertiary alicyclic amines) is 1. The molecular formula is C21H27N5O2.